The van der Waals surface area contributed by atoms with E-state index in [1.165, 1.54) is 5.56 Å². The average Bonchev–Trinajstić information content (AvgIpc) is 3.19. The first-order valence-corrected chi connectivity index (χ1v) is 10.4. The Morgan fingerprint density at radius 1 is 1.00 bits per heavy atom. The van der Waals surface area contributed by atoms with Crippen LogP contribution in [0.2, 0.25) is 5.02 Å². The Hall–Kier alpha value is -3.11. The van der Waals surface area contributed by atoms with Crippen LogP contribution in [0.1, 0.15) is 45.1 Å². The van der Waals surface area contributed by atoms with Crippen LogP contribution in [0.5, 0.6) is 5.75 Å². The molecule has 0 amide bonds. The summed E-state index contributed by atoms with van der Waals surface area (Å²) < 4.78 is 6.16. The maximum Gasteiger partial charge on any atom is 0.251 e. The molecule has 150 valence electrons. The van der Waals surface area contributed by atoms with Crippen molar-refractivity contribution in [1.82, 2.24) is 5.01 Å². The van der Waals surface area contributed by atoms with E-state index < -0.39 is 6.23 Å². The first-order chi connectivity index (χ1) is 14.5. The van der Waals surface area contributed by atoms with Crippen LogP contribution in [0.15, 0.2) is 71.8 Å². The lowest BCUT2D eigenvalue weighted by Gasteiger charge is -2.37. The largest absolute Gasteiger partial charge is 0.461 e. The molecule has 0 aliphatic carbocycles. The number of fused-ring (bicyclic) bond motifs is 3. The Morgan fingerprint density at radius 2 is 1.67 bits per heavy atom. The molecule has 0 spiro atoms. The highest BCUT2D eigenvalue weighted by Gasteiger charge is 2.43. The second kappa shape index (κ2) is 7.29. The van der Waals surface area contributed by atoms with E-state index in [1.54, 1.807) is 11.1 Å². The number of hydrogen-bond acceptors (Lipinski definition) is 4. The molecule has 2 atom stereocenters. The van der Waals surface area contributed by atoms with E-state index >= 15 is 0 Å². The summed E-state index contributed by atoms with van der Waals surface area (Å²) in [5, 5.41) is 7.29. The summed E-state index contributed by atoms with van der Waals surface area (Å²) in [4.78, 5) is 13.4. The van der Waals surface area contributed by atoms with Crippen LogP contribution in [0, 0.1) is 13.8 Å². The van der Waals surface area contributed by atoms with Crippen LogP contribution in [0.3, 0.4) is 0 Å². The Labute approximate surface area is 180 Å². The molecule has 5 heteroatoms. The number of hydrazone groups is 1. The van der Waals surface area contributed by atoms with Crippen LogP contribution in [0.4, 0.5) is 0 Å². The number of ketones is 1. The SMILES string of the molecule is Cc1ccc(C(=O)[C@@H]2Oc3ccc(Cl)cc3[C@@H]3CC(c4ccc(C)cc4)=NN23)cc1. The van der Waals surface area contributed by atoms with Gasteiger partial charge in [0.15, 0.2) is 0 Å². The second-order valence-corrected chi connectivity index (χ2v) is 8.33. The Bertz CT molecular complexity index is 1150. The third-order valence-electron chi connectivity index (χ3n) is 5.70. The van der Waals surface area contributed by atoms with Gasteiger partial charge in [-0.15, -0.1) is 0 Å². The predicted octanol–water partition coefficient (Wildman–Crippen LogP) is 5.71. The maximum absolute atomic E-state index is 13.4. The second-order valence-electron chi connectivity index (χ2n) is 7.90. The van der Waals surface area contributed by atoms with Crippen molar-refractivity contribution in [3.8, 4) is 5.75 Å². The number of nitrogens with zero attached hydrogens (tertiary/aromatic N) is 2. The first kappa shape index (κ1) is 18.9. The normalized spacial score (nSPS) is 19.6. The van der Waals surface area contributed by atoms with Gasteiger partial charge in [-0.1, -0.05) is 71.3 Å². The summed E-state index contributed by atoms with van der Waals surface area (Å²) in [6.07, 6.45) is -0.119. The molecular weight excluding hydrogens is 396 g/mol. The minimum Gasteiger partial charge on any atom is -0.461 e. The third kappa shape index (κ3) is 3.27. The summed E-state index contributed by atoms with van der Waals surface area (Å²) in [6.45, 7) is 4.06. The van der Waals surface area contributed by atoms with Gasteiger partial charge >= 0.3 is 0 Å². The van der Waals surface area contributed by atoms with Crippen LogP contribution in [0.25, 0.3) is 0 Å². The monoisotopic (exact) mass is 416 g/mol. The van der Waals surface area contributed by atoms with Gasteiger partial charge in [-0.25, -0.2) is 5.01 Å². The number of ether oxygens (including phenoxy) is 1. The van der Waals surface area contributed by atoms with E-state index in [9.17, 15) is 4.79 Å². The molecule has 0 aromatic heterocycles. The first-order valence-electron chi connectivity index (χ1n) is 9.99. The molecule has 0 saturated carbocycles. The van der Waals surface area contributed by atoms with Crippen molar-refractivity contribution in [2.75, 3.05) is 0 Å². The Morgan fingerprint density at radius 3 is 2.37 bits per heavy atom. The average molecular weight is 417 g/mol. The van der Waals surface area contributed by atoms with E-state index in [1.807, 2.05) is 43.3 Å². The van der Waals surface area contributed by atoms with Gasteiger partial charge in [0.25, 0.3) is 6.23 Å². The van der Waals surface area contributed by atoms with Crippen LogP contribution < -0.4 is 4.74 Å². The number of carbonyl (C=O) groups is 1. The van der Waals surface area contributed by atoms with E-state index in [-0.39, 0.29) is 11.8 Å². The molecule has 3 aromatic carbocycles. The number of halogens is 1. The standard InChI is InChI=1S/C25H21ClN2O2/c1-15-3-7-17(8-4-15)21-14-22-20-13-19(26)11-12-23(20)30-25(28(22)27-21)24(29)18-9-5-16(2)6-10-18/h3-13,22,25H,14H2,1-2H3/t22-,25-/m0/s1. The minimum atomic E-state index is -0.811. The van der Waals surface area contributed by atoms with E-state index in [0.29, 0.717) is 22.8 Å². The fourth-order valence-corrected chi connectivity index (χ4v) is 4.19. The van der Waals surface area contributed by atoms with Crippen LogP contribution in [-0.2, 0) is 0 Å². The summed E-state index contributed by atoms with van der Waals surface area (Å²) in [5.41, 5.74) is 5.87. The third-order valence-corrected chi connectivity index (χ3v) is 5.93. The molecule has 0 N–H and O–H groups in total. The molecule has 0 saturated heterocycles. The van der Waals surface area contributed by atoms with Crippen LogP contribution >= 0.6 is 11.6 Å². The summed E-state index contributed by atoms with van der Waals surface area (Å²) in [5.74, 6) is 0.584. The maximum atomic E-state index is 13.4. The zero-order valence-corrected chi connectivity index (χ0v) is 17.6. The molecule has 4 nitrogen and oxygen atoms in total. The number of Topliss-reactive ketones (excluding diaryl/α,β-unsaturated/α-hetero) is 1. The molecule has 0 fully saturated rings. The molecule has 5 rings (SSSR count). The van der Waals surface area contributed by atoms with E-state index in [0.717, 1.165) is 22.4 Å². The highest BCUT2D eigenvalue weighted by molar-refractivity contribution is 6.30. The Kier molecular flexibility index (Phi) is 4.59. The lowest BCUT2D eigenvalue weighted by molar-refractivity contribution is -0.00455. The molecular formula is C25H21ClN2O2. The van der Waals surface area contributed by atoms with Gasteiger partial charge in [0, 0.05) is 22.6 Å². The predicted molar refractivity (Wildman–Crippen MR) is 118 cm³/mol. The van der Waals surface area contributed by atoms with Crippen molar-refractivity contribution in [3.63, 3.8) is 0 Å². The van der Waals surface area contributed by atoms with Crippen molar-refractivity contribution < 1.29 is 9.53 Å². The molecule has 2 aliphatic rings. The molecule has 3 aromatic rings. The van der Waals surface area contributed by atoms with Crippen molar-refractivity contribution >= 4 is 23.1 Å². The Balaban J connectivity index is 1.57. The summed E-state index contributed by atoms with van der Waals surface area (Å²) >= 11 is 6.27. The van der Waals surface area contributed by atoms with Crippen molar-refractivity contribution in [1.29, 1.82) is 0 Å². The topological polar surface area (TPSA) is 41.9 Å². The number of carbonyl (C=O) groups excluding carboxylic acids is 1. The smallest absolute Gasteiger partial charge is 0.251 e. The summed E-state index contributed by atoms with van der Waals surface area (Å²) in [7, 11) is 0. The zero-order chi connectivity index (χ0) is 20.8. The number of benzene rings is 3. The highest BCUT2D eigenvalue weighted by Crippen LogP contribution is 2.44. The quantitative estimate of drug-likeness (QED) is 0.513. The zero-order valence-electron chi connectivity index (χ0n) is 16.8. The fraction of sp³-hybridized carbons (Fsp3) is 0.200. The number of aryl methyl sites for hydroxylation is 2. The molecule has 2 aliphatic heterocycles. The van der Waals surface area contributed by atoms with Gasteiger partial charge in [0.1, 0.15) is 5.75 Å². The molecule has 0 radical (unpaired) electrons. The van der Waals surface area contributed by atoms with Crippen molar-refractivity contribution in [2.24, 2.45) is 5.10 Å². The molecule has 0 unspecified atom stereocenters. The fourth-order valence-electron chi connectivity index (χ4n) is 4.01. The molecule has 30 heavy (non-hydrogen) atoms. The molecule has 0 bridgehead atoms. The van der Waals surface area contributed by atoms with E-state index in [4.69, 9.17) is 21.4 Å². The van der Waals surface area contributed by atoms with Gasteiger partial charge in [0.2, 0.25) is 5.78 Å². The number of hydrogen-bond donors (Lipinski definition) is 0. The molecule has 2 heterocycles. The van der Waals surface area contributed by atoms with E-state index in [2.05, 4.69) is 31.2 Å². The van der Waals surface area contributed by atoms with Gasteiger partial charge in [-0.05, 0) is 37.6 Å². The van der Waals surface area contributed by atoms with Gasteiger partial charge in [-0.2, -0.15) is 5.10 Å². The minimum absolute atomic E-state index is 0.0943. The lowest BCUT2D eigenvalue weighted by atomic mass is 9.95. The van der Waals surface area contributed by atoms with Crippen molar-refractivity contribution in [3.05, 3.63) is 99.6 Å². The van der Waals surface area contributed by atoms with Crippen LogP contribution in [-0.4, -0.2) is 22.7 Å². The van der Waals surface area contributed by atoms with Gasteiger partial charge in [0.05, 0.1) is 11.8 Å². The number of rotatable bonds is 3. The highest BCUT2D eigenvalue weighted by atomic mass is 35.5. The van der Waals surface area contributed by atoms with Gasteiger partial charge < -0.3 is 4.74 Å². The summed E-state index contributed by atoms with van der Waals surface area (Å²) in [6, 6.07) is 21.3. The van der Waals surface area contributed by atoms with Crippen molar-refractivity contribution in [2.45, 2.75) is 32.5 Å². The lowest BCUT2D eigenvalue weighted by Crippen LogP contribution is -2.45. The van der Waals surface area contributed by atoms with Gasteiger partial charge in [-0.3, -0.25) is 4.79 Å².